The van der Waals surface area contributed by atoms with E-state index in [1.807, 2.05) is 6.92 Å². The number of ether oxygens (including phenoxy) is 1. The van der Waals surface area contributed by atoms with E-state index in [9.17, 15) is 9.90 Å². The molecule has 0 radical (unpaired) electrons. The molecule has 1 aromatic rings. The van der Waals surface area contributed by atoms with Crippen LogP contribution >= 0.6 is 0 Å². The van der Waals surface area contributed by atoms with Gasteiger partial charge in [-0.05, 0) is 44.5 Å². The Morgan fingerprint density at radius 2 is 1.89 bits per heavy atom. The topological polar surface area (TPSA) is 49.8 Å². The van der Waals surface area contributed by atoms with Crippen molar-refractivity contribution in [1.82, 2.24) is 4.90 Å². The molecule has 1 amide bonds. The highest BCUT2D eigenvalue weighted by atomic mass is 16.5. The average molecular weight is 265 g/mol. The van der Waals surface area contributed by atoms with Crippen LogP contribution in [0.4, 0.5) is 0 Å². The summed E-state index contributed by atoms with van der Waals surface area (Å²) in [5.41, 5.74) is -0.301. The summed E-state index contributed by atoms with van der Waals surface area (Å²) < 4.78 is 5.47. The second-order valence-electron chi connectivity index (χ2n) is 5.35. The van der Waals surface area contributed by atoms with Gasteiger partial charge < -0.3 is 14.7 Å². The molecule has 1 N–H and O–H groups in total. The van der Waals surface area contributed by atoms with Gasteiger partial charge in [-0.1, -0.05) is 6.92 Å². The molecule has 4 nitrogen and oxygen atoms in total. The number of likely N-dealkylation sites (N-methyl/N-ethyl adjacent to an activating group) is 1. The second kappa shape index (κ2) is 6.57. The van der Waals surface area contributed by atoms with E-state index in [2.05, 4.69) is 0 Å². The maximum Gasteiger partial charge on any atom is 0.253 e. The first-order chi connectivity index (χ1) is 8.83. The van der Waals surface area contributed by atoms with Crippen LogP contribution in [0.15, 0.2) is 24.3 Å². The van der Waals surface area contributed by atoms with E-state index in [-0.39, 0.29) is 5.91 Å². The van der Waals surface area contributed by atoms with Crippen LogP contribution in [0.2, 0.25) is 0 Å². The summed E-state index contributed by atoms with van der Waals surface area (Å²) in [6, 6.07) is 7.07. The van der Waals surface area contributed by atoms with E-state index in [1.54, 1.807) is 45.2 Å². The molecule has 0 saturated carbocycles. The normalized spacial score (nSPS) is 11.2. The van der Waals surface area contributed by atoms with Gasteiger partial charge in [0.1, 0.15) is 5.75 Å². The standard InChI is InChI=1S/C15H23NO3/c1-5-10-19-13-8-6-12(7-9-13)14(17)16(4)11-15(2,3)18/h6-9,18H,5,10-11H2,1-4H3. The lowest BCUT2D eigenvalue weighted by Crippen LogP contribution is -2.39. The molecular weight excluding hydrogens is 242 g/mol. The number of rotatable bonds is 6. The predicted molar refractivity (Wildman–Crippen MR) is 75.5 cm³/mol. The van der Waals surface area contributed by atoms with Crippen LogP contribution < -0.4 is 4.74 Å². The molecule has 0 fully saturated rings. The minimum atomic E-state index is -0.894. The predicted octanol–water partition coefficient (Wildman–Crippen LogP) is 2.32. The Hall–Kier alpha value is -1.55. The molecule has 1 rings (SSSR count). The Morgan fingerprint density at radius 3 is 2.37 bits per heavy atom. The zero-order valence-corrected chi connectivity index (χ0v) is 12.1. The molecule has 19 heavy (non-hydrogen) atoms. The number of benzene rings is 1. The largest absolute Gasteiger partial charge is 0.494 e. The summed E-state index contributed by atoms with van der Waals surface area (Å²) >= 11 is 0. The first kappa shape index (κ1) is 15.5. The fraction of sp³-hybridized carbons (Fsp3) is 0.533. The van der Waals surface area contributed by atoms with Crippen LogP contribution in [0.25, 0.3) is 0 Å². The van der Waals surface area contributed by atoms with Gasteiger partial charge in [0, 0.05) is 19.2 Å². The van der Waals surface area contributed by atoms with Crippen LogP contribution in [0, 0.1) is 0 Å². The highest BCUT2D eigenvalue weighted by Gasteiger charge is 2.20. The number of nitrogens with zero attached hydrogens (tertiary/aromatic N) is 1. The van der Waals surface area contributed by atoms with E-state index in [0.717, 1.165) is 12.2 Å². The van der Waals surface area contributed by atoms with Crippen molar-refractivity contribution in [2.75, 3.05) is 20.2 Å². The van der Waals surface area contributed by atoms with Crippen molar-refractivity contribution in [3.8, 4) is 5.75 Å². The van der Waals surface area contributed by atoms with Crippen LogP contribution in [0.5, 0.6) is 5.75 Å². The van der Waals surface area contributed by atoms with Crippen molar-refractivity contribution in [1.29, 1.82) is 0 Å². The number of carbonyl (C=O) groups is 1. The van der Waals surface area contributed by atoms with E-state index >= 15 is 0 Å². The smallest absolute Gasteiger partial charge is 0.253 e. The Balaban J connectivity index is 2.67. The fourth-order valence-electron chi connectivity index (χ4n) is 1.79. The second-order valence-corrected chi connectivity index (χ2v) is 5.35. The monoisotopic (exact) mass is 265 g/mol. The lowest BCUT2D eigenvalue weighted by molar-refractivity contribution is 0.0368. The summed E-state index contributed by atoms with van der Waals surface area (Å²) in [5, 5.41) is 9.71. The lowest BCUT2D eigenvalue weighted by Gasteiger charge is -2.25. The molecule has 0 saturated heterocycles. The minimum absolute atomic E-state index is 0.107. The number of carbonyl (C=O) groups excluding carboxylic acids is 1. The number of hydrogen-bond acceptors (Lipinski definition) is 3. The van der Waals surface area contributed by atoms with Gasteiger partial charge in [0.25, 0.3) is 5.91 Å². The molecule has 0 aliphatic carbocycles. The average Bonchev–Trinajstić information content (AvgIpc) is 2.34. The summed E-state index contributed by atoms with van der Waals surface area (Å²) in [6.07, 6.45) is 0.953. The van der Waals surface area contributed by atoms with Crippen LogP contribution in [-0.2, 0) is 0 Å². The molecule has 1 aromatic carbocycles. The van der Waals surface area contributed by atoms with Gasteiger partial charge in [0.05, 0.1) is 12.2 Å². The molecule has 0 heterocycles. The first-order valence-corrected chi connectivity index (χ1v) is 6.54. The minimum Gasteiger partial charge on any atom is -0.494 e. The van der Waals surface area contributed by atoms with Crippen LogP contribution in [0.1, 0.15) is 37.6 Å². The highest BCUT2D eigenvalue weighted by Crippen LogP contribution is 2.14. The van der Waals surface area contributed by atoms with Crippen molar-refractivity contribution in [2.45, 2.75) is 32.8 Å². The summed E-state index contributed by atoms with van der Waals surface area (Å²) in [5.74, 6) is 0.660. The Kier molecular flexibility index (Phi) is 5.36. The summed E-state index contributed by atoms with van der Waals surface area (Å²) in [4.78, 5) is 13.6. The van der Waals surface area contributed by atoms with Gasteiger partial charge in [-0.2, -0.15) is 0 Å². The van der Waals surface area contributed by atoms with Crippen molar-refractivity contribution >= 4 is 5.91 Å². The molecule has 4 heteroatoms. The third-order valence-corrected chi connectivity index (χ3v) is 2.54. The van der Waals surface area contributed by atoms with Gasteiger partial charge in [0.2, 0.25) is 0 Å². The maximum absolute atomic E-state index is 12.1. The third-order valence-electron chi connectivity index (χ3n) is 2.54. The molecule has 0 bridgehead atoms. The van der Waals surface area contributed by atoms with E-state index in [1.165, 1.54) is 4.90 Å². The first-order valence-electron chi connectivity index (χ1n) is 6.54. The summed E-state index contributed by atoms with van der Waals surface area (Å²) in [6.45, 7) is 6.37. The number of aliphatic hydroxyl groups is 1. The number of amides is 1. The van der Waals surface area contributed by atoms with Gasteiger partial charge in [0.15, 0.2) is 0 Å². The zero-order valence-electron chi connectivity index (χ0n) is 12.1. The van der Waals surface area contributed by atoms with Gasteiger partial charge in [-0.15, -0.1) is 0 Å². The molecule has 106 valence electrons. The zero-order chi connectivity index (χ0) is 14.5. The van der Waals surface area contributed by atoms with Crippen molar-refractivity contribution in [2.24, 2.45) is 0 Å². The SMILES string of the molecule is CCCOc1ccc(C(=O)N(C)CC(C)(C)O)cc1. The van der Waals surface area contributed by atoms with E-state index < -0.39 is 5.60 Å². The quantitative estimate of drug-likeness (QED) is 0.858. The molecule has 0 aliphatic rings. The molecule has 0 unspecified atom stereocenters. The van der Waals surface area contributed by atoms with Crippen molar-refractivity contribution in [3.63, 3.8) is 0 Å². The number of hydrogen-bond donors (Lipinski definition) is 1. The Bertz CT molecular complexity index is 406. The van der Waals surface area contributed by atoms with Crippen LogP contribution in [-0.4, -0.2) is 41.7 Å². The fourth-order valence-corrected chi connectivity index (χ4v) is 1.79. The maximum atomic E-state index is 12.1. The molecular formula is C15H23NO3. The van der Waals surface area contributed by atoms with E-state index in [0.29, 0.717) is 18.7 Å². The lowest BCUT2D eigenvalue weighted by atomic mass is 10.1. The van der Waals surface area contributed by atoms with Gasteiger partial charge >= 0.3 is 0 Å². The summed E-state index contributed by atoms with van der Waals surface area (Å²) in [7, 11) is 1.68. The van der Waals surface area contributed by atoms with E-state index in [4.69, 9.17) is 4.74 Å². The molecule has 0 aliphatic heterocycles. The highest BCUT2D eigenvalue weighted by molar-refractivity contribution is 5.94. The van der Waals surface area contributed by atoms with Gasteiger partial charge in [-0.3, -0.25) is 4.79 Å². The Labute approximate surface area is 115 Å². The molecule has 0 atom stereocenters. The molecule has 0 aromatic heterocycles. The third kappa shape index (κ3) is 5.30. The Morgan fingerprint density at radius 1 is 1.32 bits per heavy atom. The van der Waals surface area contributed by atoms with Crippen molar-refractivity contribution < 1.29 is 14.6 Å². The van der Waals surface area contributed by atoms with Crippen molar-refractivity contribution in [3.05, 3.63) is 29.8 Å². The van der Waals surface area contributed by atoms with Gasteiger partial charge in [-0.25, -0.2) is 0 Å². The molecule has 0 spiro atoms. The van der Waals surface area contributed by atoms with Crippen LogP contribution in [0.3, 0.4) is 0 Å².